The van der Waals surface area contributed by atoms with E-state index < -0.39 is 6.29 Å². The maximum Gasteiger partial charge on any atom is 0.309 e. The summed E-state index contributed by atoms with van der Waals surface area (Å²) in [4.78, 5) is 12.1. The molecule has 25 heavy (non-hydrogen) atoms. The summed E-state index contributed by atoms with van der Waals surface area (Å²) in [6.45, 7) is 6.38. The van der Waals surface area contributed by atoms with E-state index in [0.29, 0.717) is 0 Å². The number of unbranched alkanes of at least 4 members (excludes halogenated alkanes) is 9. The van der Waals surface area contributed by atoms with Crippen LogP contribution in [0, 0.1) is 5.92 Å². The zero-order valence-electron chi connectivity index (χ0n) is 16.9. The molecule has 0 saturated carbocycles. The Labute approximate surface area is 155 Å². The number of hydrogen-bond acceptors (Lipinski definition) is 4. The van der Waals surface area contributed by atoms with Crippen LogP contribution in [0.1, 0.15) is 104 Å². The number of carbonyl (C=O) groups is 1. The summed E-state index contributed by atoms with van der Waals surface area (Å²) in [7, 11) is 0. The zero-order chi connectivity index (χ0) is 18.8. The van der Waals surface area contributed by atoms with Crippen molar-refractivity contribution in [3.63, 3.8) is 0 Å². The number of ether oxygens (including phenoxy) is 2. The fourth-order valence-corrected chi connectivity index (χ4v) is 3.09. The number of carbonyl (C=O) groups excluding carboxylic acids is 1. The molecule has 0 aromatic carbocycles. The Bertz CT molecular complexity index is 292. The van der Waals surface area contributed by atoms with Crippen LogP contribution in [0.15, 0.2) is 0 Å². The second-order valence-corrected chi connectivity index (χ2v) is 7.09. The molecule has 0 aromatic rings. The van der Waals surface area contributed by atoms with Crippen molar-refractivity contribution in [1.29, 1.82) is 0 Å². The molecule has 2 atom stereocenters. The fraction of sp³-hybridized carbons (Fsp3) is 0.952. The van der Waals surface area contributed by atoms with Gasteiger partial charge in [0.15, 0.2) is 6.29 Å². The van der Waals surface area contributed by atoms with Gasteiger partial charge in [0.1, 0.15) is 6.61 Å². The summed E-state index contributed by atoms with van der Waals surface area (Å²) in [6, 6.07) is 0. The summed E-state index contributed by atoms with van der Waals surface area (Å²) < 4.78 is 10.3. The third-order valence-corrected chi connectivity index (χ3v) is 4.56. The van der Waals surface area contributed by atoms with Crippen LogP contribution < -0.4 is 0 Å². The second-order valence-electron chi connectivity index (χ2n) is 7.09. The molecule has 0 aromatic heterocycles. The maximum atomic E-state index is 12.1. The third-order valence-electron chi connectivity index (χ3n) is 4.56. The largest absolute Gasteiger partial charge is 0.463 e. The van der Waals surface area contributed by atoms with Gasteiger partial charge in [-0.3, -0.25) is 4.79 Å². The molecule has 150 valence electrons. The van der Waals surface area contributed by atoms with Crippen molar-refractivity contribution in [3.8, 4) is 0 Å². The van der Waals surface area contributed by atoms with E-state index in [0.717, 1.165) is 25.7 Å². The van der Waals surface area contributed by atoms with Gasteiger partial charge >= 0.3 is 5.97 Å². The molecular weight excluding hydrogens is 316 g/mol. The van der Waals surface area contributed by atoms with E-state index in [1.807, 2.05) is 0 Å². The minimum atomic E-state index is -0.809. The second kappa shape index (κ2) is 18.2. The minimum absolute atomic E-state index is 0.0191. The lowest BCUT2D eigenvalue weighted by Crippen LogP contribution is -2.21. The van der Waals surface area contributed by atoms with Crippen molar-refractivity contribution in [2.45, 2.75) is 111 Å². The first-order valence-corrected chi connectivity index (χ1v) is 10.6. The van der Waals surface area contributed by atoms with Crippen LogP contribution in [0.3, 0.4) is 0 Å². The molecule has 2 unspecified atom stereocenters. The third kappa shape index (κ3) is 16.6. The highest BCUT2D eigenvalue weighted by atomic mass is 16.6. The molecule has 4 nitrogen and oxygen atoms in total. The molecule has 0 aliphatic carbocycles. The monoisotopic (exact) mass is 358 g/mol. The van der Waals surface area contributed by atoms with Crippen LogP contribution in [0.25, 0.3) is 0 Å². The van der Waals surface area contributed by atoms with Gasteiger partial charge in [0, 0.05) is 0 Å². The number of aliphatic hydroxyl groups excluding tert-OH is 1. The smallest absolute Gasteiger partial charge is 0.309 e. The predicted octanol–water partition coefficient (Wildman–Crippen LogP) is 5.61. The van der Waals surface area contributed by atoms with Crippen LogP contribution in [0.2, 0.25) is 0 Å². The van der Waals surface area contributed by atoms with Crippen LogP contribution in [0.4, 0.5) is 0 Å². The topological polar surface area (TPSA) is 55.8 Å². The summed E-state index contributed by atoms with van der Waals surface area (Å²) in [5, 5.41) is 9.01. The molecule has 0 amide bonds. The van der Waals surface area contributed by atoms with Crippen LogP contribution in [-0.2, 0) is 14.3 Å². The van der Waals surface area contributed by atoms with Crippen molar-refractivity contribution in [2.75, 3.05) is 13.2 Å². The minimum Gasteiger partial charge on any atom is -0.463 e. The Hall–Kier alpha value is -0.610. The highest BCUT2D eigenvalue weighted by Crippen LogP contribution is 2.19. The van der Waals surface area contributed by atoms with E-state index >= 15 is 0 Å². The summed E-state index contributed by atoms with van der Waals surface area (Å²) >= 11 is 0. The molecular formula is C21H42O4. The van der Waals surface area contributed by atoms with E-state index in [9.17, 15) is 4.79 Å². The first-order valence-electron chi connectivity index (χ1n) is 10.6. The van der Waals surface area contributed by atoms with Gasteiger partial charge in [0.05, 0.1) is 12.5 Å². The Morgan fingerprint density at radius 2 is 1.36 bits per heavy atom. The molecule has 0 bridgehead atoms. The van der Waals surface area contributed by atoms with Crippen molar-refractivity contribution in [1.82, 2.24) is 0 Å². The van der Waals surface area contributed by atoms with Crippen molar-refractivity contribution >= 4 is 5.97 Å². The van der Waals surface area contributed by atoms with E-state index in [-0.39, 0.29) is 25.1 Å². The molecule has 0 aliphatic heterocycles. The highest BCUT2D eigenvalue weighted by Gasteiger charge is 2.18. The molecule has 0 fully saturated rings. The Kier molecular flexibility index (Phi) is 17.7. The van der Waals surface area contributed by atoms with Gasteiger partial charge in [-0.1, -0.05) is 84.5 Å². The summed E-state index contributed by atoms with van der Waals surface area (Å²) in [5.41, 5.74) is 0. The first kappa shape index (κ1) is 24.4. The zero-order valence-corrected chi connectivity index (χ0v) is 16.9. The SMILES string of the molecule is CCCCCCCCCCCCC(CCC)C(=O)OCCOC(C)O. The maximum absolute atomic E-state index is 12.1. The van der Waals surface area contributed by atoms with Gasteiger partial charge in [-0.25, -0.2) is 0 Å². The molecule has 0 spiro atoms. The lowest BCUT2D eigenvalue weighted by molar-refractivity contribution is -0.154. The molecule has 0 saturated heterocycles. The molecule has 0 aliphatic rings. The van der Waals surface area contributed by atoms with E-state index in [4.69, 9.17) is 14.6 Å². The molecule has 0 radical (unpaired) electrons. The predicted molar refractivity (Wildman–Crippen MR) is 103 cm³/mol. The fourth-order valence-electron chi connectivity index (χ4n) is 3.09. The summed E-state index contributed by atoms with van der Waals surface area (Å²) in [6.07, 6.45) is 15.1. The summed E-state index contributed by atoms with van der Waals surface area (Å²) in [5.74, 6) is -0.0856. The van der Waals surface area contributed by atoms with Gasteiger partial charge in [-0.15, -0.1) is 0 Å². The van der Waals surface area contributed by atoms with E-state index in [2.05, 4.69) is 13.8 Å². The van der Waals surface area contributed by atoms with Gasteiger partial charge in [0.25, 0.3) is 0 Å². The van der Waals surface area contributed by atoms with Gasteiger partial charge in [-0.05, 0) is 19.8 Å². The standard InChI is InChI=1S/C21H42O4/c1-4-6-7-8-9-10-11-12-13-14-16-20(15-5-2)21(23)25-18-17-24-19(3)22/h19-20,22H,4-18H2,1-3H3. The average molecular weight is 359 g/mol. The van der Waals surface area contributed by atoms with Crippen molar-refractivity contribution in [2.24, 2.45) is 5.92 Å². The number of rotatable bonds is 18. The lowest BCUT2D eigenvalue weighted by atomic mass is 9.96. The van der Waals surface area contributed by atoms with Crippen molar-refractivity contribution < 1.29 is 19.4 Å². The number of hydrogen-bond donors (Lipinski definition) is 1. The molecule has 1 N–H and O–H groups in total. The van der Waals surface area contributed by atoms with Gasteiger partial charge in [-0.2, -0.15) is 0 Å². The van der Waals surface area contributed by atoms with Crippen LogP contribution in [0.5, 0.6) is 0 Å². The van der Waals surface area contributed by atoms with Gasteiger partial charge < -0.3 is 14.6 Å². The van der Waals surface area contributed by atoms with Crippen molar-refractivity contribution in [3.05, 3.63) is 0 Å². The van der Waals surface area contributed by atoms with E-state index in [1.165, 1.54) is 57.8 Å². The quantitative estimate of drug-likeness (QED) is 0.196. The average Bonchev–Trinajstić information content (AvgIpc) is 2.59. The molecule has 0 heterocycles. The Balaban J connectivity index is 3.66. The van der Waals surface area contributed by atoms with E-state index in [1.54, 1.807) is 6.92 Å². The molecule has 0 rings (SSSR count). The van der Waals surface area contributed by atoms with Crippen LogP contribution >= 0.6 is 0 Å². The van der Waals surface area contributed by atoms with Gasteiger partial charge in [0.2, 0.25) is 0 Å². The Morgan fingerprint density at radius 3 is 1.88 bits per heavy atom. The first-order chi connectivity index (χ1) is 12.1. The van der Waals surface area contributed by atoms with Crippen LogP contribution in [-0.4, -0.2) is 30.6 Å². The molecule has 4 heteroatoms. The normalized spacial score (nSPS) is 13.6. The lowest BCUT2D eigenvalue weighted by Gasteiger charge is -2.15. The Morgan fingerprint density at radius 1 is 0.800 bits per heavy atom. The highest BCUT2D eigenvalue weighted by molar-refractivity contribution is 5.72. The number of esters is 1. The number of aliphatic hydroxyl groups is 1.